The summed E-state index contributed by atoms with van der Waals surface area (Å²) in [6.45, 7) is 5.25. The Bertz CT molecular complexity index is 729. The fourth-order valence-corrected chi connectivity index (χ4v) is 5.71. The molecule has 2 amide bonds. The zero-order valence-corrected chi connectivity index (χ0v) is 17.3. The second-order valence-electron chi connectivity index (χ2n) is 7.75. The minimum absolute atomic E-state index is 0.00612. The Morgan fingerprint density at radius 3 is 2.75 bits per heavy atom. The van der Waals surface area contributed by atoms with Crippen molar-refractivity contribution >= 4 is 23.2 Å². The summed E-state index contributed by atoms with van der Waals surface area (Å²) in [5.41, 5.74) is 1.02. The Hall–Kier alpha value is -1.48. The number of hydrogen-bond donors (Lipinski definition) is 1. The summed E-state index contributed by atoms with van der Waals surface area (Å²) in [6.07, 6.45) is 3.61. The number of piperidine rings is 1. The van der Waals surface area contributed by atoms with E-state index in [-0.39, 0.29) is 24.0 Å². The zero-order chi connectivity index (χ0) is 19.6. The van der Waals surface area contributed by atoms with Gasteiger partial charge in [0.25, 0.3) is 5.91 Å². The van der Waals surface area contributed by atoms with E-state index in [4.69, 9.17) is 9.47 Å². The van der Waals surface area contributed by atoms with Gasteiger partial charge in [0.05, 0.1) is 17.1 Å². The smallest absolute Gasteiger partial charge is 0.264 e. The highest BCUT2D eigenvalue weighted by molar-refractivity contribution is 7.14. The van der Waals surface area contributed by atoms with Gasteiger partial charge in [-0.25, -0.2) is 0 Å². The molecular formula is C20H29N3O4S. The summed E-state index contributed by atoms with van der Waals surface area (Å²) >= 11 is 1.63. The van der Waals surface area contributed by atoms with Crippen molar-refractivity contribution in [2.75, 3.05) is 59.6 Å². The molecule has 4 heterocycles. The predicted molar refractivity (Wildman–Crippen MR) is 107 cm³/mol. The van der Waals surface area contributed by atoms with E-state index < -0.39 is 0 Å². The van der Waals surface area contributed by atoms with Gasteiger partial charge in [-0.3, -0.25) is 9.59 Å². The van der Waals surface area contributed by atoms with E-state index in [9.17, 15) is 9.59 Å². The molecule has 0 unspecified atom stereocenters. The number of nitrogens with one attached hydrogen (secondary N) is 1. The minimum atomic E-state index is -0.212. The van der Waals surface area contributed by atoms with Crippen LogP contribution in [0.25, 0.3) is 0 Å². The van der Waals surface area contributed by atoms with Crippen molar-refractivity contribution in [3.8, 4) is 0 Å². The lowest BCUT2D eigenvalue weighted by molar-refractivity contribution is -0.135. The predicted octanol–water partition coefficient (Wildman–Crippen LogP) is 1.22. The van der Waals surface area contributed by atoms with E-state index in [2.05, 4.69) is 11.4 Å². The van der Waals surface area contributed by atoms with E-state index in [1.165, 1.54) is 17.6 Å². The van der Waals surface area contributed by atoms with Gasteiger partial charge in [-0.1, -0.05) is 0 Å². The molecule has 0 saturated carbocycles. The lowest BCUT2D eigenvalue weighted by Gasteiger charge is -2.40. The van der Waals surface area contributed by atoms with Crippen LogP contribution >= 0.6 is 11.3 Å². The number of amides is 2. The van der Waals surface area contributed by atoms with Gasteiger partial charge in [0, 0.05) is 44.6 Å². The molecule has 7 nitrogen and oxygen atoms in total. The van der Waals surface area contributed by atoms with Crippen molar-refractivity contribution in [2.45, 2.75) is 31.3 Å². The standard InChI is InChI=1S/C20H29N3O4S/c1-26-14-18(24)22-8-2-9-23(11-10-22)19(25)17-13-15-16(28-17)3-12-27-20(15)4-6-21-7-5-20/h13,21H,2-12,14H2,1H3. The number of ether oxygens (including phenoxy) is 2. The minimum Gasteiger partial charge on any atom is -0.375 e. The normalized spacial score (nSPS) is 22.0. The molecule has 0 atom stereocenters. The summed E-state index contributed by atoms with van der Waals surface area (Å²) in [5, 5.41) is 3.40. The summed E-state index contributed by atoms with van der Waals surface area (Å²) in [6, 6.07) is 2.09. The molecule has 1 aromatic rings. The molecule has 0 bridgehead atoms. The lowest BCUT2D eigenvalue weighted by atomic mass is 9.83. The summed E-state index contributed by atoms with van der Waals surface area (Å²) < 4.78 is 11.2. The van der Waals surface area contributed by atoms with Crippen molar-refractivity contribution in [1.82, 2.24) is 15.1 Å². The van der Waals surface area contributed by atoms with Crippen LogP contribution in [0.1, 0.15) is 39.4 Å². The van der Waals surface area contributed by atoms with Gasteiger partial charge < -0.3 is 24.6 Å². The molecule has 154 valence electrons. The number of methoxy groups -OCH3 is 1. The topological polar surface area (TPSA) is 71.1 Å². The van der Waals surface area contributed by atoms with Gasteiger partial charge in [0.2, 0.25) is 5.91 Å². The average molecular weight is 408 g/mol. The third-order valence-corrected chi connectivity index (χ3v) is 7.22. The van der Waals surface area contributed by atoms with Crippen molar-refractivity contribution in [1.29, 1.82) is 0 Å². The Morgan fingerprint density at radius 2 is 1.96 bits per heavy atom. The highest BCUT2D eigenvalue weighted by atomic mass is 32.1. The monoisotopic (exact) mass is 407 g/mol. The zero-order valence-electron chi connectivity index (χ0n) is 16.5. The van der Waals surface area contributed by atoms with Crippen molar-refractivity contribution in [3.05, 3.63) is 21.4 Å². The highest BCUT2D eigenvalue weighted by Crippen LogP contribution is 2.43. The summed E-state index contributed by atoms with van der Waals surface area (Å²) in [4.78, 5) is 31.1. The molecular weight excluding hydrogens is 378 g/mol. The van der Waals surface area contributed by atoms with Crippen molar-refractivity contribution in [3.63, 3.8) is 0 Å². The Balaban J connectivity index is 1.48. The van der Waals surface area contributed by atoms with E-state index in [1.807, 2.05) is 4.90 Å². The lowest BCUT2D eigenvalue weighted by Crippen LogP contribution is -2.44. The molecule has 28 heavy (non-hydrogen) atoms. The van der Waals surface area contributed by atoms with Crippen LogP contribution in [0.5, 0.6) is 0 Å². The maximum atomic E-state index is 13.2. The fraction of sp³-hybridized carbons (Fsp3) is 0.700. The maximum absolute atomic E-state index is 13.2. The van der Waals surface area contributed by atoms with Crippen LogP contribution in [0.2, 0.25) is 0 Å². The van der Waals surface area contributed by atoms with Gasteiger partial charge in [-0.2, -0.15) is 0 Å². The molecule has 1 aromatic heterocycles. The largest absolute Gasteiger partial charge is 0.375 e. The van der Waals surface area contributed by atoms with E-state index in [0.717, 1.165) is 50.3 Å². The van der Waals surface area contributed by atoms with Crippen molar-refractivity contribution < 1.29 is 19.1 Å². The molecule has 3 aliphatic heterocycles. The first-order valence-corrected chi connectivity index (χ1v) is 11.0. The van der Waals surface area contributed by atoms with Gasteiger partial charge >= 0.3 is 0 Å². The molecule has 8 heteroatoms. The first-order chi connectivity index (χ1) is 13.6. The number of rotatable bonds is 3. The fourth-order valence-electron chi connectivity index (χ4n) is 4.51. The van der Waals surface area contributed by atoms with Gasteiger partial charge in [-0.15, -0.1) is 11.3 Å². The molecule has 1 N–H and O–H groups in total. The number of thiophene rings is 1. The quantitative estimate of drug-likeness (QED) is 0.816. The third-order valence-electron chi connectivity index (χ3n) is 6.03. The van der Waals surface area contributed by atoms with Gasteiger partial charge in [-0.05, 0) is 44.0 Å². The summed E-state index contributed by atoms with van der Waals surface area (Å²) in [7, 11) is 1.53. The molecule has 2 saturated heterocycles. The highest BCUT2D eigenvalue weighted by Gasteiger charge is 2.41. The van der Waals surface area contributed by atoms with Crippen molar-refractivity contribution in [2.24, 2.45) is 0 Å². The van der Waals surface area contributed by atoms with Crippen LogP contribution in [0.4, 0.5) is 0 Å². The van der Waals surface area contributed by atoms with Crippen LogP contribution in [0.15, 0.2) is 6.07 Å². The average Bonchev–Trinajstić information content (AvgIpc) is 3.00. The van der Waals surface area contributed by atoms with E-state index in [0.29, 0.717) is 26.2 Å². The van der Waals surface area contributed by atoms with Crippen LogP contribution in [-0.2, 0) is 26.3 Å². The second-order valence-corrected chi connectivity index (χ2v) is 8.89. The van der Waals surface area contributed by atoms with E-state index in [1.54, 1.807) is 16.2 Å². The summed E-state index contributed by atoms with van der Waals surface area (Å²) in [5.74, 6) is 0.0814. The molecule has 4 rings (SSSR count). The Kier molecular flexibility index (Phi) is 6.01. The number of carbonyl (C=O) groups is 2. The molecule has 3 aliphatic rings. The Labute approximate surface area is 170 Å². The van der Waals surface area contributed by atoms with Crippen LogP contribution in [0.3, 0.4) is 0 Å². The number of hydrogen-bond acceptors (Lipinski definition) is 6. The van der Waals surface area contributed by atoms with Crippen LogP contribution in [-0.4, -0.2) is 81.2 Å². The number of carbonyl (C=O) groups excluding carboxylic acids is 2. The first kappa shape index (κ1) is 19.8. The number of nitrogens with zero attached hydrogens (tertiary/aromatic N) is 2. The molecule has 0 radical (unpaired) electrons. The van der Waals surface area contributed by atoms with E-state index >= 15 is 0 Å². The number of fused-ring (bicyclic) bond motifs is 2. The second kappa shape index (κ2) is 8.49. The maximum Gasteiger partial charge on any atom is 0.264 e. The first-order valence-electron chi connectivity index (χ1n) is 10.2. The third kappa shape index (κ3) is 3.83. The molecule has 2 fully saturated rings. The molecule has 1 spiro atoms. The van der Waals surface area contributed by atoms with Crippen LogP contribution < -0.4 is 5.32 Å². The molecule has 0 aromatic carbocycles. The van der Waals surface area contributed by atoms with Gasteiger partial charge in [0.1, 0.15) is 6.61 Å². The molecule has 0 aliphatic carbocycles. The van der Waals surface area contributed by atoms with Gasteiger partial charge in [0.15, 0.2) is 0 Å². The Morgan fingerprint density at radius 1 is 1.21 bits per heavy atom. The van der Waals surface area contributed by atoms with Crippen LogP contribution in [0, 0.1) is 0 Å². The SMILES string of the molecule is COCC(=O)N1CCCN(C(=O)c2cc3c(s2)CCOC32CCNCC2)CC1.